The molecule has 0 radical (unpaired) electrons. The molecule has 6 nitrogen and oxygen atoms in total. The molecule has 0 amide bonds. The standard InChI is InChI=1S/C50H96O6/c1-6-8-9-10-11-12-13-16-20-27-32-37-42-50(53)56-47(44-55-49(52)41-36-31-26-22-21-24-29-34-39-46(5)7-2)43-54-48(51)40-35-30-25-19-17-14-15-18-23-28-33-38-45(3)4/h45-47H,6-44H2,1-5H3/t46?,47-/m1/s1. The first-order valence-corrected chi connectivity index (χ1v) is 24.8. The van der Waals surface area contributed by atoms with Crippen LogP contribution in [0.25, 0.3) is 0 Å². The summed E-state index contributed by atoms with van der Waals surface area (Å²) in [4.78, 5) is 37.8. The molecule has 6 heteroatoms. The van der Waals surface area contributed by atoms with Crippen molar-refractivity contribution in [3.8, 4) is 0 Å². The Labute approximate surface area is 348 Å². The number of ether oxygens (including phenoxy) is 3. The second-order valence-corrected chi connectivity index (χ2v) is 17.8. The summed E-state index contributed by atoms with van der Waals surface area (Å²) >= 11 is 0. The van der Waals surface area contributed by atoms with Crippen molar-refractivity contribution in [1.82, 2.24) is 0 Å². The molecule has 0 aromatic carbocycles. The largest absolute Gasteiger partial charge is 0.462 e. The van der Waals surface area contributed by atoms with E-state index in [0.29, 0.717) is 19.3 Å². The third-order valence-corrected chi connectivity index (χ3v) is 11.6. The number of esters is 3. The number of hydrogen-bond donors (Lipinski definition) is 0. The van der Waals surface area contributed by atoms with Crippen LogP contribution in [-0.4, -0.2) is 37.2 Å². The lowest BCUT2D eigenvalue weighted by Crippen LogP contribution is -2.30. The van der Waals surface area contributed by atoms with Crippen LogP contribution < -0.4 is 0 Å². The molecule has 0 aromatic heterocycles. The molecule has 0 heterocycles. The van der Waals surface area contributed by atoms with Gasteiger partial charge >= 0.3 is 17.9 Å². The Morgan fingerprint density at radius 1 is 0.375 bits per heavy atom. The summed E-state index contributed by atoms with van der Waals surface area (Å²) in [5.41, 5.74) is 0. The summed E-state index contributed by atoms with van der Waals surface area (Å²) in [5.74, 6) is 0.822. The van der Waals surface area contributed by atoms with Crippen molar-refractivity contribution in [1.29, 1.82) is 0 Å². The van der Waals surface area contributed by atoms with E-state index in [0.717, 1.165) is 69.6 Å². The van der Waals surface area contributed by atoms with Gasteiger partial charge in [0.1, 0.15) is 13.2 Å². The highest BCUT2D eigenvalue weighted by molar-refractivity contribution is 5.71. The fourth-order valence-electron chi connectivity index (χ4n) is 7.43. The van der Waals surface area contributed by atoms with Crippen LogP contribution in [0, 0.1) is 11.8 Å². The van der Waals surface area contributed by atoms with Crippen molar-refractivity contribution in [3.63, 3.8) is 0 Å². The number of carbonyl (C=O) groups excluding carboxylic acids is 3. The molecule has 2 atom stereocenters. The minimum atomic E-state index is -0.761. The maximum Gasteiger partial charge on any atom is 0.306 e. The predicted octanol–water partition coefficient (Wildman–Crippen LogP) is 15.8. The summed E-state index contributed by atoms with van der Waals surface area (Å²) in [7, 11) is 0. The van der Waals surface area contributed by atoms with Crippen molar-refractivity contribution >= 4 is 17.9 Å². The Hall–Kier alpha value is -1.59. The van der Waals surface area contributed by atoms with Gasteiger partial charge < -0.3 is 14.2 Å². The van der Waals surface area contributed by atoms with E-state index < -0.39 is 6.10 Å². The van der Waals surface area contributed by atoms with Crippen LogP contribution in [0.5, 0.6) is 0 Å². The molecule has 0 spiro atoms. The minimum absolute atomic E-state index is 0.0644. The Morgan fingerprint density at radius 3 is 1.02 bits per heavy atom. The first kappa shape index (κ1) is 54.4. The van der Waals surface area contributed by atoms with E-state index in [1.807, 2.05) is 0 Å². The molecule has 0 saturated heterocycles. The molecule has 0 saturated carbocycles. The molecule has 56 heavy (non-hydrogen) atoms. The van der Waals surface area contributed by atoms with E-state index in [-0.39, 0.29) is 31.1 Å². The van der Waals surface area contributed by atoms with E-state index in [9.17, 15) is 14.4 Å². The zero-order chi connectivity index (χ0) is 41.2. The van der Waals surface area contributed by atoms with Gasteiger partial charge in [-0.1, -0.05) is 234 Å². The second kappa shape index (κ2) is 43.0. The van der Waals surface area contributed by atoms with Gasteiger partial charge in [-0.25, -0.2) is 0 Å². The first-order chi connectivity index (χ1) is 27.3. The summed E-state index contributed by atoms with van der Waals surface area (Å²) in [5, 5.41) is 0. The minimum Gasteiger partial charge on any atom is -0.462 e. The molecule has 0 rings (SSSR count). The molecule has 0 fully saturated rings. The number of hydrogen-bond acceptors (Lipinski definition) is 6. The van der Waals surface area contributed by atoms with E-state index in [2.05, 4.69) is 34.6 Å². The van der Waals surface area contributed by atoms with Gasteiger partial charge in [0.2, 0.25) is 0 Å². The number of rotatable bonds is 44. The van der Waals surface area contributed by atoms with Crippen LogP contribution in [0.15, 0.2) is 0 Å². The molecule has 1 unspecified atom stereocenters. The average molecular weight is 793 g/mol. The van der Waals surface area contributed by atoms with E-state index in [1.54, 1.807) is 0 Å². The second-order valence-electron chi connectivity index (χ2n) is 17.8. The SMILES string of the molecule is CCCCCCCCCCCCCCC(=O)O[C@H](COC(=O)CCCCCCCCCCCCCC(C)C)COC(=O)CCCCCCCCCCC(C)CC. The predicted molar refractivity (Wildman–Crippen MR) is 238 cm³/mol. The Balaban J connectivity index is 4.33. The highest BCUT2D eigenvalue weighted by Gasteiger charge is 2.19. The third kappa shape index (κ3) is 42.0. The maximum absolute atomic E-state index is 12.7. The molecule has 0 N–H and O–H groups in total. The van der Waals surface area contributed by atoms with Crippen LogP contribution in [0.2, 0.25) is 0 Å². The summed E-state index contributed by atoms with van der Waals surface area (Å²) in [6, 6.07) is 0. The quantitative estimate of drug-likeness (QED) is 0.0347. The third-order valence-electron chi connectivity index (χ3n) is 11.6. The van der Waals surface area contributed by atoms with Gasteiger partial charge in [0, 0.05) is 19.3 Å². The van der Waals surface area contributed by atoms with Crippen molar-refractivity contribution < 1.29 is 28.6 Å². The zero-order valence-electron chi connectivity index (χ0n) is 38.3. The zero-order valence-corrected chi connectivity index (χ0v) is 38.3. The van der Waals surface area contributed by atoms with Gasteiger partial charge in [0.25, 0.3) is 0 Å². The van der Waals surface area contributed by atoms with Crippen molar-refractivity contribution in [3.05, 3.63) is 0 Å². The van der Waals surface area contributed by atoms with Gasteiger partial charge in [0.05, 0.1) is 0 Å². The van der Waals surface area contributed by atoms with Gasteiger partial charge in [-0.15, -0.1) is 0 Å². The summed E-state index contributed by atoms with van der Waals surface area (Å²) in [6.45, 7) is 11.4. The van der Waals surface area contributed by atoms with Crippen LogP contribution in [-0.2, 0) is 28.6 Å². The highest BCUT2D eigenvalue weighted by Crippen LogP contribution is 2.17. The summed E-state index contributed by atoms with van der Waals surface area (Å²) < 4.78 is 16.8. The average Bonchev–Trinajstić information content (AvgIpc) is 3.18. The first-order valence-electron chi connectivity index (χ1n) is 24.8. The lowest BCUT2D eigenvalue weighted by molar-refractivity contribution is -0.167. The van der Waals surface area contributed by atoms with Crippen molar-refractivity contribution in [2.75, 3.05) is 13.2 Å². The fraction of sp³-hybridized carbons (Fsp3) is 0.940. The van der Waals surface area contributed by atoms with Crippen LogP contribution >= 0.6 is 0 Å². The van der Waals surface area contributed by atoms with Crippen LogP contribution in [0.4, 0.5) is 0 Å². The monoisotopic (exact) mass is 793 g/mol. The van der Waals surface area contributed by atoms with Crippen LogP contribution in [0.3, 0.4) is 0 Å². The smallest absolute Gasteiger partial charge is 0.306 e. The normalized spacial score (nSPS) is 12.5. The molecule has 0 aromatic rings. The van der Waals surface area contributed by atoms with E-state index >= 15 is 0 Å². The van der Waals surface area contributed by atoms with Crippen molar-refractivity contribution in [2.24, 2.45) is 11.8 Å². The molecule has 0 aliphatic rings. The fourth-order valence-corrected chi connectivity index (χ4v) is 7.43. The topological polar surface area (TPSA) is 78.9 Å². The maximum atomic E-state index is 12.7. The summed E-state index contributed by atoms with van der Waals surface area (Å²) in [6.07, 6.45) is 42.2. The Bertz CT molecular complexity index is 856. The lowest BCUT2D eigenvalue weighted by atomic mass is 9.99. The molecular formula is C50H96O6. The molecule has 0 aliphatic carbocycles. The lowest BCUT2D eigenvalue weighted by Gasteiger charge is -2.18. The molecule has 0 aliphatic heterocycles. The number of unbranched alkanes of at least 4 members (excludes halogenated alkanes) is 28. The molecular weight excluding hydrogens is 697 g/mol. The Kier molecular flexibility index (Phi) is 41.8. The van der Waals surface area contributed by atoms with Crippen molar-refractivity contribution in [2.45, 2.75) is 278 Å². The van der Waals surface area contributed by atoms with Crippen LogP contribution in [0.1, 0.15) is 272 Å². The molecule has 0 bridgehead atoms. The van der Waals surface area contributed by atoms with Gasteiger partial charge in [-0.3, -0.25) is 14.4 Å². The Morgan fingerprint density at radius 2 is 0.679 bits per heavy atom. The van der Waals surface area contributed by atoms with Gasteiger partial charge in [-0.05, 0) is 31.1 Å². The molecule has 332 valence electrons. The van der Waals surface area contributed by atoms with Gasteiger partial charge in [-0.2, -0.15) is 0 Å². The van der Waals surface area contributed by atoms with E-state index in [4.69, 9.17) is 14.2 Å². The number of carbonyl (C=O) groups is 3. The highest BCUT2D eigenvalue weighted by atomic mass is 16.6. The van der Waals surface area contributed by atoms with E-state index in [1.165, 1.54) is 161 Å². The van der Waals surface area contributed by atoms with Gasteiger partial charge in [0.15, 0.2) is 6.10 Å².